The molecule has 0 N–H and O–H groups in total. The molecule has 0 unspecified atom stereocenters. The first-order chi connectivity index (χ1) is 7.99. The van der Waals surface area contributed by atoms with Crippen LogP contribution in [0.25, 0.3) is 0 Å². The predicted molar refractivity (Wildman–Crippen MR) is 54.6 cm³/mol. The summed E-state index contributed by atoms with van der Waals surface area (Å²) in [7, 11) is 1.13. The molecule has 0 radical (unpaired) electrons. The molecule has 90 valence electrons. The molecule has 1 aromatic heterocycles. The smallest absolute Gasteiger partial charge is 0.311 e. The Morgan fingerprint density at radius 2 is 2.35 bits per heavy atom. The third kappa shape index (κ3) is 3.11. The normalized spacial score (nSPS) is 10.1. The number of carbonyl (C=O) groups is 1. The van der Waals surface area contributed by atoms with Crippen molar-refractivity contribution in [3.05, 3.63) is 28.0 Å². The van der Waals surface area contributed by atoms with Gasteiger partial charge in [-0.15, -0.1) is 0 Å². The number of methoxy groups -OCH3 is 1. The number of esters is 1. The van der Waals surface area contributed by atoms with Crippen LogP contribution in [0.4, 0.5) is 8.78 Å². The van der Waals surface area contributed by atoms with Gasteiger partial charge in [-0.3, -0.25) is 4.79 Å². The van der Waals surface area contributed by atoms with Crippen LogP contribution in [0.5, 0.6) is 0 Å². The van der Waals surface area contributed by atoms with Crippen LogP contribution in [-0.4, -0.2) is 18.1 Å². The molecule has 4 nitrogen and oxygen atoms in total. The van der Waals surface area contributed by atoms with Crippen LogP contribution in [-0.2, 0) is 16.0 Å². The van der Waals surface area contributed by atoms with E-state index in [-0.39, 0.29) is 16.4 Å². The number of halogens is 3. The van der Waals surface area contributed by atoms with Gasteiger partial charge in [0.05, 0.1) is 36.4 Å². The van der Waals surface area contributed by atoms with Gasteiger partial charge in [-0.2, -0.15) is 5.26 Å². The van der Waals surface area contributed by atoms with Gasteiger partial charge >= 0.3 is 5.97 Å². The fraction of sp³-hybridized carbons (Fsp3) is 0.300. The number of nitrogens with zero attached hydrogens (tertiary/aromatic N) is 2. The SMILES string of the molecule is COC(=O)Cc1nc(Cl)cc(C#N)c1C(F)F. The van der Waals surface area contributed by atoms with E-state index < -0.39 is 24.4 Å². The molecule has 7 heteroatoms. The second kappa shape index (κ2) is 5.55. The summed E-state index contributed by atoms with van der Waals surface area (Å²) in [5.74, 6) is -0.731. The van der Waals surface area contributed by atoms with E-state index in [0.717, 1.165) is 13.2 Å². The van der Waals surface area contributed by atoms with Gasteiger partial charge in [0.25, 0.3) is 6.43 Å². The number of ether oxygens (including phenoxy) is 1. The van der Waals surface area contributed by atoms with E-state index in [1.165, 1.54) is 0 Å². The maximum absolute atomic E-state index is 12.8. The monoisotopic (exact) mass is 260 g/mol. The number of nitriles is 1. The Labute approximate surface area is 101 Å². The number of pyridine rings is 1. The van der Waals surface area contributed by atoms with Gasteiger partial charge in [0.1, 0.15) is 5.15 Å². The van der Waals surface area contributed by atoms with Crippen LogP contribution in [0.2, 0.25) is 5.15 Å². The fourth-order valence-corrected chi connectivity index (χ4v) is 1.46. The first-order valence-corrected chi connectivity index (χ1v) is 4.81. The molecule has 0 aliphatic carbocycles. The van der Waals surface area contributed by atoms with E-state index in [4.69, 9.17) is 16.9 Å². The van der Waals surface area contributed by atoms with Crippen molar-refractivity contribution in [1.29, 1.82) is 5.26 Å². The van der Waals surface area contributed by atoms with Gasteiger partial charge in [0, 0.05) is 0 Å². The second-order valence-electron chi connectivity index (χ2n) is 3.02. The van der Waals surface area contributed by atoms with E-state index in [9.17, 15) is 13.6 Å². The summed E-state index contributed by atoms with van der Waals surface area (Å²) in [4.78, 5) is 14.7. The Bertz CT molecular complexity index is 486. The molecule has 1 heterocycles. The summed E-state index contributed by atoms with van der Waals surface area (Å²) < 4.78 is 29.9. The lowest BCUT2D eigenvalue weighted by molar-refractivity contribution is -0.139. The van der Waals surface area contributed by atoms with Gasteiger partial charge in [-0.25, -0.2) is 13.8 Å². The first kappa shape index (κ1) is 13.3. The summed E-state index contributed by atoms with van der Waals surface area (Å²) in [5, 5.41) is 8.60. The van der Waals surface area contributed by atoms with E-state index in [1.54, 1.807) is 6.07 Å². The van der Waals surface area contributed by atoms with Crippen molar-refractivity contribution in [2.24, 2.45) is 0 Å². The predicted octanol–water partition coefficient (Wildman–Crippen LogP) is 2.26. The molecule has 0 amide bonds. The number of carbonyl (C=O) groups excluding carboxylic acids is 1. The maximum Gasteiger partial charge on any atom is 0.311 e. The molecule has 0 aromatic carbocycles. The highest BCUT2D eigenvalue weighted by Crippen LogP contribution is 2.27. The quantitative estimate of drug-likeness (QED) is 0.618. The van der Waals surface area contributed by atoms with Crippen LogP contribution in [0, 0.1) is 11.3 Å². The highest BCUT2D eigenvalue weighted by atomic mass is 35.5. The zero-order valence-electron chi connectivity index (χ0n) is 8.71. The fourth-order valence-electron chi connectivity index (χ4n) is 1.25. The maximum atomic E-state index is 12.8. The van der Waals surface area contributed by atoms with Crippen molar-refractivity contribution in [2.75, 3.05) is 7.11 Å². The Kier molecular flexibility index (Phi) is 4.35. The number of aromatic nitrogens is 1. The average Bonchev–Trinajstić information content (AvgIpc) is 2.27. The lowest BCUT2D eigenvalue weighted by atomic mass is 10.1. The molecule has 1 rings (SSSR count). The number of hydrogen-bond donors (Lipinski definition) is 0. The van der Waals surface area contributed by atoms with Crippen LogP contribution >= 0.6 is 11.6 Å². The highest BCUT2D eigenvalue weighted by Gasteiger charge is 2.22. The molecule has 1 aromatic rings. The van der Waals surface area contributed by atoms with Gasteiger partial charge in [-0.05, 0) is 6.07 Å². The Balaban J connectivity index is 3.31. The minimum atomic E-state index is -2.91. The molecular formula is C10H7ClF2N2O2. The lowest BCUT2D eigenvalue weighted by Gasteiger charge is -2.09. The molecule has 0 spiro atoms. The third-order valence-electron chi connectivity index (χ3n) is 1.98. The van der Waals surface area contributed by atoms with E-state index in [2.05, 4.69) is 9.72 Å². The first-order valence-electron chi connectivity index (χ1n) is 4.44. The lowest BCUT2D eigenvalue weighted by Crippen LogP contribution is -2.10. The molecule has 17 heavy (non-hydrogen) atoms. The summed E-state index contributed by atoms with van der Waals surface area (Å²) in [5.41, 5.74) is -1.11. The number of alkyl halides is 2. The zero-order chi connectivity index (χ0) is 13.0. The van der Waals surface area contributed by atoms with Crippen LogP contribution < -0.4 is 0 Å². The third-order valence-corrected chi connectivity index (χ3v) is 2.18. The van der Waals surface area contributed by atoms with Crippen molar-refractivity contribution in [3.8, 4) is 6.07 Å². The molecule has 0 saturated heterocycles. The van der Waals surface area contributed by atoms with Crippen molar-refractivity contribution >= 4 is 17.6 Å². The van der Waals surface area contributed by atoms with Crippen molar-refractivity contribution < 1.29 is 18.3 Å². The van der Waals surface area contributed by atoms with Crippen molar-refractivity contribution in [3.63, 3.8) is 0 Å². The van der Waals surface area contributed by atoms with Gasteiger partial charge in [-0.1, -0.05) is 11.6 Å². The average molecular weight is 261 g/mol. The zero-order valence-corrected chi connectivity index (χ0v) is 9.46. The molecule has 0 bridgehead atoms. The van der Waals surface area contributed by atoms with E-state index >= 15 is 0 Å². The summed E-state index contributed by atoms with van der Waals surface area (Å²) in [6.45, 7) is 0. The summed E-state index contributed by atoms with van der Waals surface area (Å²) >= 11 is 5.57. The van der Waals surface area contributed by atoms with Crippen LogP contribution in [0.1, 0.15) is 23.2 Å². The van der Waals surface area contributed by atoms with Crippen LogP contribution in [0.3, 0.4) is 0 Å². The van der Waals surface area contributed by atoms with Gasteiger partial charge < -0.3 is 4.74 Å². The summed E-state index contributed by atoms with van der Waals surface area (Å²) in [6.07, 6.45) is -3.36. The topological polar surface area (TPSA) is 63.0 Å². The molecule has 0 saturated carbocycles. The molecule has 0 fully saturated rings. The van der Waals surface area contributed by atoms with Crippen LogP contribution in [0.15, 0.2) is 6.07 Å². The minimum Gasteiger partial charge on any atom is -0.469 e. The molecular weight excluding hydrogens is 254 g/mol. The van der Waals surface area contributed by atoms with Crippen molar-refractivity contribution in [1.82, 2.24) is 4.98 Å². The van der Waals surface area contributed by atoms with Gasteiger partial charge in [0.15, 0.2) is 0 Å². The molecule has 0 aliphatic heterocycles. The minimum absolute atomic E-state index is 0.121. The largest absolute Gasteiger partial charge is 0.469 e. The van der Waals surface area contributed by atoms with E-state index in [0.29, 0.717) is 0 Å². The molecule has 0 atom stereocenters. The van der Waals surface area contributed by atoms with Crippen molar-refractivity contribution in [2.45, 2.75) is 12.8 Å². The highest BCUT2D eigenvalue weighted by molar-refractivity contribution is 6.29. The number of hydrogen-bond acceptors (Lipinski definition) is 4. The molecule has 0 aliphatic rings. The second-order valence-corrected chi connectivity index (χ2v) is 3.41. The summed E-state index contributed by atoms with van der Waals surface area (Å²) in [6, 6.07) is 2.62. The Morgan fingerprint density at radius 1 is 1.71 bits per heavy atom. The Morgan fingerprint density at radius 3 is 2.82 bits per heavy atom. The van der Waals surface area contributed by atoms with E-state index in [1.807, 2.05) is 0 Å². The number of rotatable bonds is 3. The Hall–Kier alpha value is -1.74. The standard InChI is InChI=1S/C10H7ClF2N2O2/c1-17-8(16)3-6-9(10(12)13)5(4-14)2-7(11)15-6/h2,10H,3H2,1H3. The van der Waals surface area contributed by atoms with Gasteiger partial charge in [0.2, 0.25) is 0 Å².